The highest BCUT2D eigenvalue weighted by Crippen LogP contribution is 2.45. The summed E-state index contributed by atoms with van der Waals surface area (Å²) >= 11 is 0. The van der Waals surface area contributed by atoms with Crippen molar-refractivity contribution in [2.45, 2.75) is 24.6 Å². The Morgan fingerprint density at radius 2 is 1.80 bits per heavy atom. The van der Waals surface area contributed by atoms with Crippen molar-refractivity contribution < 1.29 is 17.6 Å². The Labute approximate surface area is 83.9 Å². The molecule has 2 N–H and O–H groups in total. The van der Waals surface area contributed by atoms with Crippen molar-refractivity contribution in [1.29, 1.82) is 0 Å². The molecule has 1 nitrogen and oxygen atoms in total. The van der Waals surface area contributed by atoms with E-state index in [0.717, 1.165) is 18.2 Å². The maximum Gasteiger partial charge on any atom is 0.416 e. The Balaban J connectivity index is 2.47. The third-order valence-electron chi connectivity index (χ3n) is 2.62. The molecule has 1 aromatic carbocycles. The van der Waals surface area contributed by atoms with Gasteiger partial charge in [0, 0.05) is 11.1 Å². The quantitative estimate of drug-likeness (QED) is 0.722. The van der Waals surface area contributed by atoms with Gasteiger partial charge >= 0.3 is 6.18 Å². The monoisotopic (exact) mass is 219 g/mol. The molecule has 1 fully saturated rings. The van der Waals surface area contributed by atoms with E-state index in [9.17, 15) is 17.6 Å². The molecule has 1 aliphatic rings. The lowest BCUT2D eigenvalue weighted by atomic mass is 10.0. The molecule has 82 valence electrons. The van der Waals surface area contributed by atoms with Gasteiger partial charge in [0.05, 0.1) is 5.56 Å². The lowest BCUT2D eigenvalue weighted by Crippen LogP contribution is -2.21. The van der Waals surface area contributed by atoms with Crippen molar-refractivity contribution in [3.05, 3.63) is 35.1 Å². The van der Waals surface area contributed by atoms with Crippen LogP contribution in [0.1, 0.15) is 24.0 Å². The Bertz CT molecular complexity index is 393. The van der Waals surface area contributed by atoms with Gasteiger partial charge < -0.3 is 5.73 Å². The smallest absolute Gasteiger partial charge is 0.321 e. The normalized spacial score (nSPS) is 19.0. The van der Waals surface area contributed by atoms with E-state index < -0.39 is 23.1 Å². The molecule has 0 heterocycles. The molecule has 2 rings (SSSR count). The number of rotatable bonds is 1. The molecular formula is C10H9F4N. The lowest BCUT2D eigenvalue weighted by molar-refractivity contribution is -0.137. The van der Waals surface area contributed by atoms with Crippen molar-refractivity contribution in [2.24, 2.45) is 5.73 Å². The van der Waals surface area contributed by atoms with E-state index in [0.29, 0.717) is 12.8 Å². The Morgan fingerprint density at radius 1 is 1.20 bits per heavy atom. The summed E-state index contributed by atoms with van der Waals surface area (Å²) in [6, 6.07) is 2.36. The zero-order valence-corrected chi connectivity index (χ0v) is 7.74. The Kier molecular flexibility index (Phi) is 2.05. The van der Waals surface area contributed by atoms with Gasteiger partial charge in [-0.1, -0.05) is 0 Å². The van der Waals surface area contributed by atoms with Crippen LogP contribution < -0.4 is 5.73 Å². The van der Waals surface area contributed by atoms with Crippen molar-refractivity contribution in [1.82, 2.24) is 0 Å². The van der Waals surface area contributed by atoms with Crippen LogP contribution >= 0.6 is 0 Å². The van der Waals surface area contributed by atoms with Gasteiger partial charge in [-0.3, -0.25) is 0 Å². The molecule has 1 aliphatic carbocycles. The molecule has 0 unspecified atom stereocenters. The van der Waals surface area contributed by atoms with E-state index in [2.05, 4.69) is 0 Å². The molecule has 1 saturated carbocycles. The van der Waals surface area contributed by atoms with Gasteiger partial charge in [-0.25, -0.2) is 4.39 Å². The van der Waals surface area contributed by atoms with Crippen molar-refractivity contribution >= 4 is 0 Å². The van der Waals surface area contributed by atoms with Gasteiger partial charge in [0.2, 0.25) is 0 Å². The minimum atomic E-state index is -4.45. The highest BCUT2D eigenvalue weighted by molar-refractivity contribution is 5.35. The number of halogens is 4. The fraction of sp³-hybridized carbons (Fsp3) is 0.400. The number of hydrogen-bond donors (Lipinski definition) is 1. The number of hydrogen-bond acceptors (Lipinski definition) is 1. The van der Waals surface area contributed by atoms with Crippen molar-refractivity contribution in [3.63, 3.8) is 0 Å². The van der Waals surface area contributed by atoms with Gasteiger partial charge in [0.25, 0.3) is 0 Å². The van der Waals surface area contributed by atoms with Crippen LogP contribution in [0.4, 0.5) is 17.6 Å². The second-order valence-corrected chi connectivity index (χ2v) is 3.85. The van der Waals surface area contributed by atoms with Crippen LogP contribution in [0, 0.1) is 5.82 Å². The fourth-order valence-electron chi connectivity index (χ4n) is 1.49. The predicted octanol–water partition coefficient (Wildman–Crippen LogP) is 2.79. The first-order valence-electron chi connectivity index (χ1n) is 4.49. The molecule has 1 aromatic rings. The Hall–Kier alpha value is -1.10. The van der Waals surface area contributed by atoms with Crippen LogP contribution in [0.25, 0.3) is 0 Å². The van der Waals surface area contributed by atoms with Crippen LogP contribution in [0.15, 0.2) is 18.2 Å². The maximum atomic E-state index is 13.2. The summed E-state index contributed by atoms with van der Waals surface area (Å²) in [5.74, 6) is -0.664. The van der Waals surface area contributed by atoms with E-state index in [1.807, 2.05) is 0 Å². The average Bonchev–Trinajstić information content (AvgIpc) is 2.83. The molecule has 5 heteroatoms. The summed E-state index contributed by atoms with van der Waals surface area (Å²) in [6.07, 6.45) is -3.38. The van der Waals surface area contributed by atoms with Crippen LogP contribution in [-0.2, 0) is 11.7 Å². The molecule has 0 radical (unpaired) electrons. The van der Waals surface area contributed by atoms with Gasteiger partial charge in [-0.05, 0) is 31.0 Å². The molecule has 0 bridgehead atoms. The van der Waals surface area contributed by atoms with Crippen molar-refractivity contribution in [2.75, 3.05) is 0 Å². The first-order valence-corrected chi connectivity index (χ1v) is 4.49. The maximum absolute atomic E-state index is 13.2. The molecule has 0 spiro atoms. The van der Waals surface area contributed by atoms with Gasteiger partial charge in [-0.15, -0.1) is 0 Å². The number of benzene rings is 1. The van der Waals surface area contributed by atoms with Gasteiger partial charge in [-0.2, -0.15) is 13.2 Å². The van der Waals surface area contributed by atoms with Crippen LogP contribution in [0.2, 0.25) is 0 Å². The topological polar surface area (TPSA) is 26.0 Å². The number of alkyl halides is 3. The summed E-state index contributed by atoms with van der Waals surface area (Å²) in [5.41, 5.74) is 3.91. The summed E-state index contributed by atoms with van der Waals surface area (Å²) in [4.78, 5) is 0. The third-order valence-corrected chi connectivity index (χ3v) is 2.62. The molecule has 15 heavy (non-hydrogen) atoms. The van der Waals surface area contributed by atoms with Crippen LogP contribution in [0.3, 0.4) is 0 Å². The van der Waals surface area contributed by atoms with Crippen LogP contribution in [0.5, 0.6) is 0 Å². The first kappa shape index (κ1) is 10.4. The minimum absolute atomic E-state index is 0.0303. The van der Waals surface area contributed by atoms with E-state index in [-0.39, 0.29) is 5.56 Å². The highest BCUT2D eigenvalue weighted by atomic mass is 19.4. The van der Waals surface area contributed by atoms with Gasteiger partial charge in [0.1, 0.15) is 5.82 Å². The third kappa shape index (κ3) is 1.84. The average molecular weight is 219 g/mol. The molecule has 0 aliphatic heterocycles. The second kappa shape index (κ2) is 2.95. The lowest BCUT2D eigenvalue weighted by Gasteiger charge is -2.13. The molecular weight excluding hydrogens is 210 g/mol. The fourth-order valence-corrected chi connectivity index (χ4v) is 1.49. The molecule has 0 atom stereocenters. The van der Waals surface area contributed by atoms with Gasteiger partial charge in [0.15, 0.2) is 0 Å². The second-order valence-electron chi connectivity index (χ2n) is 3.85. The SMILES string of the molecule is NC1(c2cc(C(F)(F)F)ccc2F)CC1. The zero-order valence-electron chi connectivity index (χ0n) is 7.74. The summed E-state index contributed by atoms with van der Waals surface area (Å²) < 4.78 is 50.3. The first-order chi connectivity index (χ1) is 6.83. The molecule has 0 amide bonds. The van der Waals surface area contributed by atoms with E-state index in [4.69, 9.17) is 5.73 Å². The minimum Gasteiger partial charge on any atom is -0.321 e. The van der Waals surface area contributed by atoms with E-state index in [1.54, 1.807) is 0 Å². The summed E-state index contributed by atoms with van der Waals surface area (Å²) in [6.45, 7) is 0. The highest BCUT2D eigenvalue weighted by Gasteiger charge is 2.43. The number of nitrogens with two attached hydrogens (primary N) is 1. The standard InChI is InChI=1S/C10H9F4N/c11-8-2-1-6(10(12,13)14)5-7(8)9(15)3-4-9/h1-2,5H,3-4,15H2. The molecule has 0 saturated heterocycles. The summed E-state index contributed by atoms with van der Waals surface area (Å²) in [5, 5.41) is 0. The van der Waals surface area contributed by atoms with Crippen LogP contribution in [-0.4, -0.2) is 0 Å². The van der Waals surface area contributed by atoms with E-state index in [1.165, 1.54) is 0 Å². The van der Waals surface area contributed by atoms with E-state index >= 15 is 0 Å². The Morgan fingerprint density at radius 3 is 2.27 bits per heavy atom. The zero-order chi connectivity index (χ0) is 11.3. The van der Waals surface area contributed by atoms with Crippen molar-refractivity contribution in [3.8, 4) is 0 Å². The molecule has 0 aromatic heterocycles. The largest absolute Gasteiger partial charge is 0.416 e. The summed E-state index contributed by atoms with van der Waals surface area (Å²) in [7, 11) is 0. The predicted molar refractivity (Wildman–Crippen MR) is 46.5 cm³/mol.